The minimum atomic E-state index is -0.0828. The zero-order valence-electron chi connectivity index (χ0n) is 11.3. The Morgan fingerprint density at radius 3 is 2.83 bits per heavy atom. The number of rotatable bonds is 6. The molecule has 0 aromatic carbocycles. The highest BCUT2D eigenvalue weighted by molar-refractivity contribution is 5.95. The van der Waals surface area contributed by atoms with Gasteiger partial charge in [-0.3, -0.25) is 4.79 Å². The number of aryl methyl sites for hydroxylation is 1. The molecular formula is C13H22N4O. The van der Waals surface area contributed by atoms with Crippen LogP contribution < -0.4 is 16.6 Å². The highest BCUT2D eigenvalue weighted by Crippen LogP contribution is 2.10. The van der Waals surface area contributed by atoms with Crippen LogP contribution in [0.4, 0.5) is 5.82 Å². The molecule has 5 nitrogen and oxygen atoms in total. The van der Waals surface area contributed by atoms with E-state index in [4.69, 9.17) is 5.84 Å². The van der Waals surface area contributed by atoms with Crippen molar-refractivity contribution in [2.24, 2.45) is 5.84 Å². The number of aromatic nitrogens is 1. The number of nitrogens with zero attached hydrogens (tertiary/aromatic N) is 1. The van der Waals surface area contributed by atoms with Crippen LogP contribution in [0, 0.1) is 6.92 Å². The predicted octanol–water partition coefficient (Wildman–Crippen LogP) is 1.98. The number of unbranched alkanes of at least 4 members (excludes halogenated alkanes) is 1. The molecule has 0 radical (unpaired) electrons. The first-order chi connectivity index (χ1) is 8.56. The number of nitrogens with one attached hydrogen (secondary N) is 2. The molecule has 4 N–H and O–H groups in total. The smallest absolute Gasteiger partial charge is 0.251 e. The van der Waals surface area contributed by atoms with E-state index in [0.29, 0.717) is 11.4 Å². The zero-order chi connectivity index (χ0) is 13.5. The minimum absolute atomic E-state index is 0.0828. The molecule has 5 heteroatoms. The molecule has 0 spiro atoms. The Morgan fingerprint density at radius 2 is 2.22 bits per heavy atom. The molecule has 0 saturated carbocycles. The first kappa shape index (κ1) is 14.4. The summed E-state index contributed by atoms with van der Waals surface area (Å²) in [6.45, 7) is 5.99. The Balaban J connectivity index is 2.68. The van der Waals surface area contributed by atoms with E-state index in [2.05, 4.69) is 22.7 Å². The summed E-state index contributed by atoms with van der Waals surface area (Å²) in [5.74, 6) is 5.73. The standard InChI is InChI=1S/C13H22N4O/c1-4-5-6-9(2)16-13(18)11-7-10(3)15-12(8-11)17-14/h7-9H,4-6,14H2,1-3H3,(H,15,17)(H,16,18). The number of nitrogens with two attached hydrogens (primary N) is 1. The third-order valence-corrected chi connectivity index (χ3v) is 2.73. The highest BCUT2D eigenvalue weighted by atomic mass is 16.1. The molecule has 100 valence electrons. The van der Waals surface area contributed by atoms with Crippen molar-refractivity contribution in [2.45, 2.75) is 46.1 Å². The van der Waals surface area contributed by atoms with Crippen molar-refractivity contribution in [3.05, 3.63) is 23.4 Å². The van der Waals surface area contributed by atoms with E-state index >= 15 is 0 Å². The maximum atomic E-state index is 12.0. The minimum Gasteiger partial charge on any atom is -0.350 e. The van der Waals surface area contributed by atoms with E-state index in [-0.39, 0.29) is 11.9 Å². The van der Waals surface area contributed by atoms with E-state index in [1.807, 2.05) is 13.8 Å². The molecular weight excluding hydrogens is 228 g/mol. The van der Waals surface area contributed by atoms with Crippen LogP contribution in [0.3, 0.4) is 0 Å². The van der Waals surface area contributed by atoms with Crippen LogP contribution in [0.25, 0.3) is 0 Å². The van der Waals surface area contributed by atoms with Gasteiger partial charge in [0, 0.05) is 17.3 Å². The van der Waals surface area contributed by atoms with Crippen LogP contribution in [-0.4, -0.2) is 16.9 Å². The molecule has 1 aromatic heterocycles. The molecule has 1 rings (SSSR count). The first-order valence-electron chi connectivity index (χ1n) is 6.33. The summed E-state index contributed by atoms with van der Waals surface area (Å²) in [4.78, 5) is 16.2. The summed E-state index contributed by atoms with van der Waals surface area (Å²) in [6.07, 6.45) is 3.25. The predicted molar refractivity (Wildman–Crippen MR) is 73.2 cm³/mol. The molecule has 0 aliphatic carbocycles. The van der Waals surface area contributed by atoms with Gasteiger partial charge in [-0.25, -0.2) is 10.8 Å². The van der Waals surface area contributed by atoms with Gasteiger partial charge >= 0.3 is 0 Å². The fourth-order valence-corrected chi connectivity index (χ4v) is 1.76. The number of hydrazine groups is 1. The van der Waals surface area contributed by atoms with Crippen LogP contribution >= 0.6 is 0 Å². The van der Waals surface area contributed by atoms with Crippen LogP contribution in [0.2, 0.25) is 0 Å². The second-order valence-corrected chi connectivity index (χ2v) is 4.54. The average molecular weight is 250 g/mol. The molecule has 1 amide bonds. The van der Waals surface area contributed by atoms with Gasteiger partial charge in [-0.15, -0.1) is 0 Å². The third kappa shape index (κ3) is 4.33. The van der Waals surface area contributed by atoms with Gasteiger partial charge in [0.2, 0.25) is 0 Å². The average Bonchev–Trinajstić information content (AvgIpc) is 2.35. The largest absolute Gasteiger partial charge is 0.350 e. The maximum absolute atomic E-state index is 12.0. The molecule has 0 saturated heterocycles. The van der Waals surface area contributed by atoms with E-state index < -0.39 is 0 Å². The third-order valence-electron chi connectivity index (χ3n) is 2.73. The van der Waals surface area contributed by atoms with E-state index in [1.54, 1.807) is 12.1 Å². The van der Waals surface area contributed by atoms with Gasteiger partial charge in [-0.05, 0) is 32.4 Å². The van der Waals surface area contributed by atoms with Gasteiger partial charge in [0.15, 0.2) is 0 Å². The number of carbonyl (C=O) groups is 1. The fourth-order valence-electron chi connectivity index (χ4n) is 1.76. The normalized spacial score (nSPS) is 12.0. The SMILES string of the molecule is CCCCC(C)NC(=O)c1cc(C)nc(NN)c1. The summed E-state index contributed by atoms with van der Waals surface area (Å²) in [5.41, 5.74) is 3.80. The van der Waals surface area contributed by atoms with Crippen molar-refractivity contribution in [3.8, 4) is 0 Å². The molecule has 1 aromatic rings. The van der Waals surface area contributed by atoms with E-state index in [1.165, 1.54) is 0 Å². The lowest BCUT2D eigenvalue weighted by Crippen LogP contribution is -2.32. The second kappa shape index (κ2) is 6.96. The second-order valence-electron chi connectivity index (χ2n) is 4.54. The Morgan fingerprint density at radius 1 is 1.50 bits per heavy atom. The quantitative estimate of drug-likeness (QED) is 0.533. The van der Waals surface area contributed by atoms with Crippen LogP contribution in [0.15, 0.2) is 12.1 Å². The fraction of sp³-hybridized carbons (Fsp3) is 0.538. The van der Waals surface area contributed by atoms with Crippen molar-refractivity contribution in [1.29, 1.82) is 0 Å². The number of hydrogen-bond acceptors (Lipinski definition) is 4. The van der Waals surface area contributed by atoms with Gasteiger partial charge in [0.05, 0.1) is 0 Å². The number of nitrogen functional groups attached to an aromatic ring is 1. The van der Waals surface area contributed by atoms with E-state index in [0.717, 1.165) is 25.0 Å². The van der Waals surface area contributed by atoms with Gasteiger partial charge in [-0.1, -0.05) is 19.8 Å². The van der Waals surface area contributed by atoms with Crippen molar-refractivity contribution >= 4 is 11.7 Å². The summed E-state index contributed by atoms with van der Waals surface area (Å²) >= 11 is 0. The van der Waals surface area contributed by atoms with Crippen LogP contribution in [0.5, 0.6) is 0 Å². The van der Waals surface area contributed by atoms with Crippen LogP contribution in [0.1, 0.15) is 49.2 Å². The molecule has 0 bridgehead atoms. The monoisotopic (exact) mass is 250 g/mol. The summed E-state index contributed by atoms with van der Waals surface area (Å²) < 4.78 is 0. The molecule has 1 atom stereocenters. The number of pyridine rings is 1. The number of anilines is 1. The van der Waals surface area contributed by atoms with Crippen molar-refractivity contribution in [2.75, 3.05) is 5.43 Å². The number of amides is 1. The molecule has 0 fully saturated rings. The van der Waals surface area contributed by atoms with Gasteiger partial charge in [0.25, 0.3) is 5.91 Å². The molecule has 1 heterocycles. The molecule has 1 unspecified atom stereocenters. The van der Waals surface area contributed by atoms with Crippen molar-refractivity contribution in [1.82, 2.24) is 10.3 Å². The number of carbonyl (C=O) groups excluding carboxylic acids is 1. The Bertz CT molecular complexity index is 406. The molecule has 0 aliphatic heterocycles. The topological polar surface area (TPSA) is 80.0 Å². The summed E-state index contributed by atoms with van der Waals surface area (Å²) in [7, 11) is 0. The lowest BCUT2D eigenvalue weighted by molar-refractivity contribution is 0.0938. The van der Waals surface area contributed by atoms with Crippen LogP contribution in [-0.2, 0) is 0 Å². The summed E-state index contributed by atoms with van der Waals surface area (Å²) in [6, 6.07) is 3.58. The van der Waals surface area contributed by atoms with Crippen molar-refractivity contribution < 1.29 is 4.79 Å². The lowest BCUT2D eigenvalue weighted by Gasteiger charge is -2.14. The lowest BCUT2D eigenvalue weighted by atomic mass is 10.1. The molecule has 0 aliphatic rings. The van der Waals surface area contributed by atoms with Gasteiger partial charge in [0.1, 0.15) is 5.82 Å². The first-order valence-corrected chi connectivity index (χ1v) is 6.33. The van der Waals surface area contributed by atoms with Crippen molar-refractivity contribution in [3.63, 3.8) is 0 Å². The number of hydrogen-bond donors (Lipinski definition) is 3. The Hall–Kier alpha value is -1.62. The Kier molecular flexibility index (Phi) is 5.58. The van der Waals surface area contributed by atoms with Gasteiger partial charge in [-0.2, -0.15) is 0 Å². The summed E-state index contributed by atoms with van der Waals surface area (Å²) in [5, 5.41) is 2.97. The maximum Gasteiger partial charge on any atom is 0.251 e. The highest BCUT2D eigenvalue weighted by Gasteiger charge is 2.11. The Labute approximate surface area is 108 Å². The van der Waals surface area contributed by atoms with E-state index in [9.17, 15) is 4.79 Å². The zero-order valence-corrected chi connectivity index (χ0v) is 11.3. The van der Waals surface area contributed by atoms with Gasteiger partial charge < -0.3 is 10.7 Å². The molecule has 18 heavy (non-hydrogen) atoms.